The van der Waals surface area contributed by atoms with Gasteiger partial charge >= 0.3 is 0 Å². The quantitative estimate of drug-likeness (QED) is 0.550. The van der Waals surface area contributed by atoms with Crippen LogP contribution in [0.15, 0.2) is 54.6 Å². The van der Waals surface area contributed by atoms with Crippen LogP contribution >= 0.6 is 0 Å². The lowest BCUT2D eigenvalue weighted by atomic mass is 9.97. The third kappa shape index (κ3) is 3.27. The molecule has 0 aliphatic carbocycles. The van der Waals surface area contributed by atoms with Gasteiger partial charge in [0.05, 0.1) is 21.1 Å². The van der Waals surface area contributed by atoms with Gasteiger partial charge in [0.15, 0.2) is 0 Å². The van der Waals surface area contributed by atoms with Gasteiger partial charge in [0.1, 0.15) is 17.5 Å². The number of pyridine rings is 1. The first kappa shape index (κ1) is 17.5. The van der Waals surface area contributed by atoms with Gasteiger partial charge < -0.3 is 5.73 Å². The van der Waals surface area contributed by atoms with Crippen molar-refractivity contribution < 1.29 is 9.85 Å². The summed E-state index contributed by atoms with van der Waals surface area (Å²) in [5, 5.41) is 31.6. The molecule has 0 saturated heterocycles. The maximum atomic E-state index is 11.3. The molecular weight excluding hydrogens is 350 g/mol. The lowest BCUT2D eigenvalue weighted by Gasteiger charge is -2.10. The number of rotatable bonds is 4. The van der Waals surface area contributed by atoms with Crippen LogP contribution in [0, 0.1) is 31.6 Å². The van der Waals surface area contributed by atoms with E-state index in [1.54, 1.807) is 6.07 Å². The van der Waals surface area contributed by atoms with E-state index in [1.165, 1.54) is 48.5 Å². The zero-order chi connectivity index (χ0) is 19.6. The fourth-order valence-electron chi connectivity index (χ4n) is 2.66. The summed E-state index contributed by atoms with van der Waals surface area (Å²) < 4.78 is 0. The molecule has 9 heteroatoms. The first-order valence-electron chi connectivity index (χ1n) is 7.61. The number of anilines is 1. The molecule has 0 spiro atoms. The van der Waals surface area contributed by atoms with Crippen LogP contribution in [0.5, 0.6) is 0 Å². The summed E-state index contributed by atoms with van der Waals surface area (Å²) in [5.74, 6) is -0.0819. The van der Waals surface area contributed by atoms with Crippen molar-refractivity contribution in [2.75, 3.05) is 5.73 Å². The molecule has 0 aliphatic rings. The predicted molar refractivity (Wildman–Crippen MR) is 97.5 cm³/mol. The number of aromatic nitrogens is 1. The van der Waals surface area contributed by atoms with Crippen LogP contribution in [-0.4, -0.2) is 14.8 Å². The van der Waals surface area contributed by atoms with Gasteiger partial charge in [-0.2, -0.15) is 5.26 Å². The maximum absolute atomic E-state index is 11.3. The number of benzene rings is 2. The molecule has 0 fully saturated rings. The van der Waals surface area contributed by atoms with Crippen LogP contribution in [-0.2, 0) is 0 Å². The Hall–Kier alpha value is -4.32. The normalized spacial score (nSPS) is 10.2. The van der Waals surface area contributed by atoms with Crippen LogP contribution < -0.4 is 5.73 Å². The van der Waals surface area contributed by atoms with Gasteiger partial charge in [0.2, 0.25) is 0 Å². The number of nitrogens with two attached hydrogens (primary N) is 1. The molecule has 0 radical (unpaired) electrons. The van der Waals surface area contributed by atoms with Gasteiger partial charge in [-0.15, -0.1) is 0 Å². The van der Waals surface area contributed by atoms with Crippen molar-refractivity contribution in [1.29, 1.82) is 5.26 Å². The number of hydrogen-bond acceptors (Lipinski definition) is 7. The van der Waals surface area contributed by atoms with Crippen molar-refractivity contribution in [3.8, 4) is 28.5 Å². The highest BCUT2D eigenvalue weighted by Gasteiger charge is 2.20. The number of nitriles is 1. The zero-order valence-corrected chi connectivity index (χ0v) is 13.7. The lowest BCUT2D eigenvalue weighted by Crippen LogP contribution is -2.01. The van der Waals surface area contributed by atoms with Crippen molar-refractivity contribution in [3.05, 3.63) is 80.4 Å². The summed E-state index contributed by atoms with van der Waals surface area (Å²) in [6.45, 7) is 0. The lowest BCUT2D eigenvalue weighted by molar-refractivity contribution is -0.384. The van der Waals surface area contributed by atoms with Gasteiger partial charge in [0.25, 0.3) is 11.4 Å². The SMILES string of the molecule is N#Cc1c(-c2ccccc2[N+](=O)[O-])cc(-c2ccc([N+](=O)[O-])cc2)nc1N. The maximum Gasteiger partial charge on any atom is 0.277 e. The number of nitrogen functional groups attached to an aromatic ring is 1. The second-order valence-corrected chi connectivity index (χ2v) is 5.51. The first-order chi connectivity index (χ1) is 12.9. The molecule has 3 aromatic rings. The molecule has 3 rings (SSSR count). The fraction of sp³-hybridized carbons (Fsp3) is 0. The summed E-state index contributed by atoms with van der Waals surface area (Å²) in [5.41, 5.74) is 7.04. The van der Waals surface area contributed by atoms with Gasteiger partial charge in [-0.05, 0) is 24.3 Å². The molecule has 0 aliphatic heterocycles. The average molecular weight is 361 g/mol. The number of nitro benzene ring substituents is 2. The number of nitro groups is 2. The van der Waals surface area contributed by atoms with Gasteiger partial charge in [-0.1, -0.05) is 12.1 Å². The average Bonchev–Trinajstić information content (AvgIpc) is 2.67. The van der Waals surface area contributed by atoms with E-state index in [9.17, 15) is 25.5 Å². The molecule has 132 valence electrons. The molecule has 0 amide bonds. The molecule has 0 saturated carbocycles. The van der Waals surface area contributed by atoms with Crippen LogP contribution in [0.25, 0.3) is 22.4 Å². The minimum atomic E-state index is -0.543. The van der Waals surface area contributed by atoms with Crippen LogP contribution in [0.4, 0.5) is 17.2 Å². The second kappa shape index (κ2) is 6.89. The highest BCUT2D eigenvalue weighted by Crippen LogP contribution is 2.36. The molecule has 9 nitrogen and oxygen atoms in total. The number of hydrogen-bond donors (Lipinski definition) is 1. The summed E-state index contributed by atoms with van der Waals surface area (Å²) in [6.07, 6.45) is 0. The monoisotopic (exact) mass is 361 g/mol. The Balaban J connectivity index is 2.23. The Morgan fingerprint density at radius 3 is 2.22 bits per heavy atom. The molecular formula is C18H11N5O4. The smallest absolute Gasteiger partial charge is 0.277 e. The van der Waals surface area contributed by atoms with E-state index in [4.69, 9.17) is 5.73 Å². The topological polar surface area (TPSA) is 149 Å². The summed E-state index contributed by atoms with van der Waals surface area (Å²) in [4.78, 5) is 25.2. The summed E-state index contributed by atoms with van der Waals surface area (Å²) in [7, 11) is 0. The fourth-order valence-corrected chi connectivity index (χ4v) is 2.66. The third-order valence-electron chi connectivity index (χ3n) is 3.92. The largest absolute Gasteiger partial charge is 0.383 e. The molecule has 0 unspecified atom stereocenters. The molecule has 27 heavy (non-hydrogen) atoms. The Bertz CT molecular complexity index is 1100. The third-order valence-corrected chi connectivity index (χ3v) is 3.92. The highest BCUT2D eigenvalue weighted by molar-refractivity contribution is 5.84. The molecule has 1 aromatic heterocycles. The number of para-hydroxylation sites is 1. The van der Waals surface area contributed by atoms with Gasteiger partial charge in [-0.25, -0.2) is 4.98 Å². The van der Waals surface area contributed by atoms with E-state index in [2.05, 4.69) is 4.98 Å². The van der Waals surface area contributed by atoms with Crippen LogP contribution in [0.2, 0.25) is 0 Å². The molecule has 1 heterocycles. The first-order valence-corrected chi connectivity index (χ1v) is 7.61. The van der Waals surface area contributed by atoms with Crippen molar-refractivity contribution in [1.82, 2.24) is 4.98 Å². The second-order valence-electron chi connectivity index (χ2n) is 5.51. The highest BCUT2D eigenvalue weighted by atomic mass is 16.6. The summed E-state index contributed by atoms with van der Waals surface area (Å²) in [6, 6.07) is 15.1. The molecule has 2 aromatic carbocycles. The van der Waals surface area contributed by atoms with E-state index in [1.807, 2.05) is 6.07 Å². The van der Waals surface area contributed by atoms with Crippen molar-refractivity contribution >= 4 is 17.2 Å². The Morgan fingerprint density at radius 1 is 0.963 bits per heavy atom. The van der Waals surface area contributed by atoms with Crippen LogP contribution in [0.3, 0.4) is 0 Å². The molecule has 0 atom stereocenters. The van der Waals surface area contributed by atoms with Crippen molar-refractivity contribution in [2.45, 2.75) is 0 Å². The Kier molecular flexibility index (Phi) is 4.47. The number of non-ortho nitro benzene ring substituents is 1. The number of nitrogens with zero attached hydrogens (tertiary/aromatic N) is 4. The van der Waals surface area contributed by atoms with E-state index in [0.717, 1.165) is 0 Å². The Labute approximate surface area is 152 Å². The summed E-state index contributed by atoms with van der Waals surface area (Å²) >= 11 is 0. The van der Waals surface area contributed by atoms with Crippen molar-refractivity contribution in [3.63, 3.8) is 0 Å². The van der Waals surface area contributed by atoms with Crippen molar-refractivity contribution in [2.24, 2.45) is 0 Å². The minimum absolute atomic E-state index is 0.0231. The van der Waals surface area contributed by atoms with Crippen LogP contribution in [0.1, 0.15) is 5.56 Å². The van der Waals surface area contributed by atoms with E-state index >= 15 is 0 Å². The van der Waals surface area contributed by atoms with E-state index in [-0.39, 0.29) is 33.9 Å². The van der Waals surface area contributed by atoms with E-state index < -0.39 is 9.85 Å². The molecule has 0 bridgehead atoms. The Morgan fingerprint density at radius 2 is 1.63 bits per heavy atom. The van der Waals surface area contributed by atoms with Gasteiger partial charge in [0, 0.05) is 29.3 Å². The van der Waals surface area contributed by atoms with Gasteiger partial charge in [-0.3, -0.25) is 20.2 Å². The molecule has 2 N–H and O–H groups in total. The zero-order valence-electron chi connectivity index (χ0n) is 13.7. The van der Waals surface area contributed by atoms with E-state index in [0.29, 0.717) is 11.3 Å². The minimum Gasteiger partial charge on any atom is -0.383 e. The standard InChI is InChI=1S/C18H11N5O4/c19-10-15-14(13-3-1-2-4-17(13)23(26)27)9-16(21-18(15)20)11-5-7-12(8-6-11)22(24)25/h1-9H,(H2,20,21). The predicted octanol–water partition coefficient (Wildman–Crippen LogP) is 3.69.